The Hall–Kier alpha value is -4.11. The van der Waals surface area contributed by atoms with Gasteiger partial charge in [-0.1, -0.05) is 11.6 Å². The monoisotopic (exact) mass is 506 g/mol. The SMILES string of the molecule is Cn1cc(-c2cc(Oc3ccc(F)c(NC(=O)Nc4cc(Cl)cc(N5CCCC5)c4)c3)ccn2)cn1. The third kappa shape index (κ3) is 5.58. The fraction of sp³-hybridized carbons (Fsp3) is 0.192. The van der Waals surface area contributed by atoms with Gasteiger partial charge in [-0.25, -0.2) is 9.18 Å². The molecule has 1 aliphatic rings. The van der Waals surface area contributed by atoms with Gasteiger partial charge in [-0.2, -0.15) is 5.10 Å². The van der Waals surface area contributed by atoms with Crippen LogP contribution in [-0.2, 0) is 7.05 Å². The van der Waals surface area contributed by atoms with E-state index >= 15 is 0 Å². The average Bonchev–Trinajstić information content (AvgIpc) is 3.53. The van der Waals surface area contributed by atoms with Crippen molar-refractivity contribution < 1.29 is 13.9 Å². The first-order chi connectivity index (χ1) is 17.4. The summed E-state index contributed by atoms with van der Waals surface area (Å²) in [5.41, 5.74) is 2.98. The molecule has 0 spiro atoms. The van der Waals surface area contributed by atoms with Gasteiger partial charge in [-0.15, -0.1) is 0 Å². The van der Waals surface area contributed by atoms with E-state index in [4.69, 9.17) is 16.3 Å². The van der Waals surface area contributed by atoms with Gasteiger partial charge in [0.25, 0.3) is 0 Å². The smallest absolute Gasteiger partial charge is 0.323 e. The second kappa shape index (κ2) is 10.2. The molecule has 1 aliphatic heterocycles. The maximum absolute atomic E-state index is 14.5. The standard InChI is InChI=1S/C26H24ClFN6O2/c1-33-16-17(15-30-33)24-13-22(6-7-29-24)36-21-4-5-23(28)25(14-21)32-26(35)31-19-10-18(27)11-20(12-19)34-8-2-3-9-34/h4-7,10-16H,2-3,8-9H2,1H3,(H2,31,32,35). The second-order valence-electron chi connectivity index (χ2n) is 8.49. The van der Waals surface area contributed by atoms with Crippen molar-refractivity contribution in [2.75, 3.05) is 28.6 Å². The molecule has 0 aliphatic carbocycles. The van der Waals surface area contributed by atoms with Crippen molar-refractivity contribution in [3.63, 3.8) is 0 Å². The lowest BCUT2D eigenvalue weighted by Crippen LogP contribution is -2.21. The van der Waals surface area contributed by atoms with E-state index in [0.717, 1.165) is 37.2 Å². The molecule has 1 fully saturated rings. The van der Waals surface area contributed by atoms with Gasteiger partial charge in [0.15, 0.2) is 0 Å². The van der Waals surface area contributed by atoms with Crippen LogP contribution in [-0.4, -0.2) is 33.9 Å². The van der Waals surface area contributed by atoms with Crippen LogP contribution < -0.4 is 20.3 Å². The van der Waals surface area contributed by atoms with Gasteiger partial charge in [0, 0.05) is 66.6 Å². The first-order valence-electron chi connectivity index (χ1n) is 11.5. The summed E-state index contributed by atoms with van der Waals surface area (Å²) in [4.78, 5) is 19.2. The molecule has 36 heavy (non-hydrogen) atoms. The Bertz CT molecular complexity index is 1400. The topological polar surface area (TPSA) is 84.3 Å². The van der Waals surface area contributed by atoms with Crippen LogP contribution in [0.5, 0.6) is 11.5 Å². The van der Waals surface area contributed by atoms with Crippen molar-refractivity contribution >= 4 is 34.7 Å². The normalized spacial score (nSPS) is 13.0. The average molecular weight is 507 g/mol. The Morgan fingerprint density at radius 2 is 1.86 bits per heavy atom. The van der Waals surface area contributed by atoms with Crippen LogP contribution in [0, 0.1) is 5.82 Å². The molecule has 0 atom stereocenters. The zero-order chi connectivity index (χ0) is 25.1. The highest BCUT2D eigenvalue weighted by atomic mass is 35.5. The maximum atomic E-state index is 14.5. The lowest BCUT2D eigenvalue weighted by molar-refractivity contribution is 0.262. The number of amides is 2. The number of aromatic nitrogens is 3. The number of nitrogens with zero attached hydrogens (tertiary/aromatic N) is 4. The summed E-state index contributed by atoms with van der Waals surface area (Å²) in [5, 5.41) is 9.95. The molecule has 10 heteroatoms. The summed E-state index contributed by atoms with van der Waals surface area (Å²) in [5.74, 6) is 0.278. The van der Waals surface area contributed by atoms with E-state index in [-0.39, 0.29) is 5.69 Å². The minimum absolute atomic E-state index is 0.0201. The Labute approximate surface area is 212 Å². The zero-order valence-corrected chi connectivity index (χ0v) is 20.3. The first-order valence-corrected chi connectivity index (χ1v) is 11.9. The number of ether oxygens (including phenoxy) is 1. The van der Waals surface area contributed by atoms with Crippen LogP contribution in [0.25, 0.3) is 11.3 Å². The fourth-order valence-corrected chi connectivity index (χ4v) is 4.30. The molecule has 2 N–H and O–H groups in total. The van der Waals surface area contributed by atoms with Crippen molar-refractivity contribution in [1.82, 2.24) is 14.8 Å². The summed E-state index contributed by atoms with van der Waals surface area (Å²) >= 11 is 6.26. The molecule has 5 rings (SSSR count). The van der Waals surface area contributed by atoms with E-state index in [1.54, 1.807) is 35.3 Å². The van der Waals surface area contributed by atoms with Crippen LogP contribution in [0.15, 0.2) is 67.1 Å². The van der Waals surface area contributed by atoms with E-state index < -0.39 is 11.8 Å². The number of aryl methyl sites for hydroxylation is 1. The molecule has 0 saturated carbocycles. The highest BCUT2D eigenvalue weighted by Crippen LogP contribution is 2.30. The predicted octanol–water partition coefficient (Wildman–Crippen LogP) is 6.31. The summed E-state index contributed by atoms with van der Waals surface area (Å²) in [7, 11) is 1.83. The van der Waals surface area contributed by atoms with Crippen molar-refractivity contribution in [2.24, 2.45) is 7.05 Å². The molecule has 1 saturated heterocycles. The number of benzene rings is 2. The molecule has 2 aromatic heterocycles. The lowest BCUT2D eigenvalue weighted by Gasteiger charge is -2.19. The molecule has 4 aromatic rings. The molecule has 0 unspecified atom stereocenters. The van der Waals surface area contributed by atoms with Gasteiger partial charge >= 0.3 is 6.03 Å². The highest BCUT2D eigenvalue weighted by Gasteiger charge is 2.15. The Kier molecular flexibility index (Phi) is 6.73. The van der Waals surface area contributed by atoms with E-state index in [1.165, 1.54) is 18.2 Å². The van der Waals surface area contributed by atoms with Gasteiger partial charge in [-0.3, -0.25) is 9.67 Å². The molecule has 0 bridgehead atoms. The molecular formula is C26H24ClFN6O2. The van der Waals surface area contributed by atoms with E-state index in [2.05, 4.69) is 25.6 Å². The van der Waals surface area contributed by atoms with Crippen molar-refractivity contribution in [2.45, 2.75) is 12.8 Å². The quantitative estimate of drug-likeness (QED) is 0.320. The van der Waals surface area contributed by atoms with Crippen molar-refractivity contribution in [3.8, 4) is 22.8 Å². The van der Waals surface area contributed by atoms with Crippen LogP contribution >= 0.6 is 11.6 Å². The number of hydrogen-bond acceptors (Lipinski definition) is 5. The van der Waals surface area contributed by atoms with Crippen LogP contribution in [0.2, 0.25) is 5.02 Å². The highest BCUT2D eigenvalue weighted by molar-refractivity contribution is 6.31. The largest absolute Gasteiger partial charge is 0.457 e. The van der Waals surface area contributed by atoms with Gasteiger partial charge in [-0.05, 0) is 49.2 Å². The first kappa shape index (κ1) is 23.6. The summed E-state index contributed by atoms with van der Waals surface area (Å²) in [6.45, 7) is 1.90. The minimum atomic E-state index is -0.594. The molecule has 8 nitrogen and oxygen atoms in total. The van der Waals surface area contributed by atoms with Gasteiger partial charge in [0.05, 0.1) is 17.6 Å². The molecule has 184 valence electrons. The van der Waals surface area contributed by atoms with Gasteiger partial charge in [0.2, 0.25) is 0 Å². The maximum Gasteiger partial charge on any atom is 0.323 e. The summed E-state index contributed by atoms with van der Waals surface area (Å²) in [6, 6.07) is 12.4. The Morgan fingerprint density at radius 1 is 1.06 bits per heavy atom. The molecule has 3 heterocycles. The van der Waals surface area contributed by atoms with E-state index in [1.807, 2.05) is 25.4 Å². The number of urea groups is 1. The Morgan fingerprint density at radius 3 is 2.64 bits per heavy atom. The van der Waals surface area contributed by atoms with Gasteiger partial charge in [0.1, 0.15) is 17.3 Å². The van der Waals surface area contributed by atoms with E-state index in [0.29, 0.717) is 27.9 Å². The van der Waals surface area contributed by atoms with Crippen LogP contribution in [0.1, 0.15) is 12.8 Å². The molecule has 0 radical (unpaired) electrons. The fourth-order valence-electron chi connectivity index (χ4n) is 4.07. The predicted molar refractivity (Wildman–Crippen MR) is 138 cm³/mol. The molecule has 2 aromatic carbocycles. The zero-order valence-electron chi connectivity index (χ0n) is 19.5. The summed E-state index contributed by atoms with van der Waals surface area (Å²) in [6.07, 6.45) is 7.42. The number of hydrogen-bond donors (Lipinski definition) is 2. The third-order valence-electron chi connectivity index (χ3n) is 5.77. The number of carbonyl (C=O) groups excluding carboxylic acids is 1. The van der Waals surface area contributed by atoms with Crippen molar-refractivity contribution in [3.05, 3.63) is 78.0 Å². The molecule has 2 amide bonds. The number of rotatable bonds is 6. The number of pyridine rings is 1. The van der Waals surface area contributed by atoms with Crippen LogP contribution in [0.4, 0.5) is 26.2 Å². The number of carbonyl (C=O) groups is 1. The Balaban J connectivity index is 1.28. The number of anilines is 3. The minimum Gasteiger partial charge on any atom is -0.457 e. The number of halogens is 2. The van der Waals surface area contributed by atoms with Gasteiger partial charge < -0.3 is 20.3 Å². The third-order valence-corrected chi connectivity index (χ3v) is 5.98. The van der Waals surface area contributed by atoms with E-state index in [9.17, 15) is 9.18 Å². The molecular weight excluding hydrogens is 483 g/mol. The van der Waals surface area contributed by atoms with Crippen molar-refractivity contribution in [1.29, 1.82) is 0 Å². The second-order valence-corrected chi connectivity index (χ2v) is 8.93. The lowest BCUT2D eigenvalue weighted by atomic mass is 10.2. The number of nitrogens with one attached hydrogen (secondary N) is 2. The van der Waals surface area contributed by atoms with Crippen LogP contribution in [0.3, 0.4) is 0 Å². The summed E-state index contributed by atoms with van der Waals surface area (Å²) < 4.78 is 22.1.